The first-order valence-corrected chi connectivity index (χ1v) is 7.49. The average Bonchev–Trinajstić information content (AvgIpc) is 2.30. The maximum absolute atomic E-state index is 6.30. The fraction of sp³-hybridized carbons (Fsp3) is 0.600. The second-order valence-corrected chi connectivity index (χ2v) is 6.79. The highest BCUT2D eigenvalue weighted by Crippen LogP contribution is 2.35. The summed E-state index contributed by atoms with van der Waals surface area (Å²) < 4.78 is 6.30. The SMILES string of the molecule is CC(C)CC1(C)CNCC(c2cc(Cl)ccc2Cl)O1. The second kappa shape index (κ2) is 6.01. The van der Waals surface area contributed by atoms with E-state index in [1.54, 1.807) is 6.07 Å². The van der Waals surface area contributed by atoms with Gasteiger partial charge in [0, 0.05) is 28.7 Å². The predicted octanol–water partition coefficient (Wildman–Crippen LogP) is 4.46. The average molecular weight is 302 g/mol. The molecule has 2 rings (SSSR count). The van der Waals surface area contributed by atoms with Gasteiger partial charge in [0.05, 0.1) is 11.7 Å². The lowest BCUT2D eigenvalue weighted by Crippen LogP contribution is -2.49. The molecular formula is C15H21Cl2NO. The minimum Gasteiger partial charge on any atom is -0.365 e. The van der Waals surface area contributed by atoms with Crippen molar-refractivity contribution in [2.75, 3.05) is 13.1 Å². The summed E-state index contributed by atoms with van der Waals surface area (Å²) in [5.41, 5.74) is 0.819. The standard InChI is InChI=1S/C15H21Cl2NO/c1-10(2)7-15(3)9-18-8-14(19-15)12-6-11(16)4-5-13(12)17/h4-6,10,14,18H,7-9H2,1-3H3. The van der Waals surface area contributed by atoms with Crippen LogP contribution in [0.3, 0.4) is 0 Å². The first kappa shape index (κ1) is 15.1. The van der Waals surface area contributed by atoms with E-state index in [2.05, 4.69) is 26.1 Å². The molecule has 1 aliphatic heterocycles. The number of hydrogen-bond donors (Lipinski definition) is 1. The molecule has 0 bridgehead atoms. The van der Waals surface area contributed by atoms with E-state index < -0.39 is 0 Å². The van der Waals surface area contributed by atoms with Crippen molar-refractivity contribution in [3.63, 3.8) is 0 Å². The normalized spacial score (nSPS) is 27.8. The van der Waals surface area contributed by atoms with E-state index in [0.29, 0.717) is 16.0 Å². The Morgan fingerprint density at radius 3 is 2.84 bits per heavy atom. The van der Waals surface area contributed by atoms with Crippen molar-refractivity contribution in [1.82, 2.24) is 5.32 Å². The highest BCUT2D eigenvalue weighted by atomic mass is 35.5. The summed E-state index contributed by atoms with van der Waals surface area (Å²) in [6.07, 6.45) is 0.984. The van der Waals surface area contributed by atoms with Gasteiger partial charge in [0.15, 0.2) is 0 Å². The molecule has 1 aromatic rings. The minimum absolute atomic E-state index is 0.0382. The van der Waals surface area contributed by atoms with E-state index in [4.69, 9.17) is 27.9 Å². The van der Waals surface area contributed by atoms with Crippen LogP contribution in [-0.2, 0) is 4.74 Å². The van der Waals surface area contributed by atoms with E-state index >= 15 is 0 Å². The number of morpholine rings is 1. The van der Waals surface area contributed by atoms with Crippen molar-refractivity contribution >= 4 is 23.2 Å². The molecule has 106 valence electrons. The van der Waals surface area contributed by atoms with Gasteiger partial charge in [-0.3, -0.25) is 0 Å². The molecule has 1 heterocycles. The van der Waals surface area contributed by atoms with Crippen LogP contribution in [0.2, 0.25) is 10.0 Å². The van der Waals surface area contributed by atoms with Gasteiger partial charge in [0.25, 0.3) is 0 Å². The molecule has 0 amide bonds. The smallest absolute Gasteiger partial charge is 0.0972 e. The molecule has 1 saturated heterocycles. The van der Waals surface area contributed by atoms with Gasteiger partial charge < -0.3 is 10.1 Å². The third kappa shape index (κ3) is 3.85. The van der Waals surface area contributed by atoms with Crippen LogP contribution in [0.15, 0.2) is 18.2 Å². The van der Waals surface area contributed by atoms with Crippen LogP contribution in [0, 0.1) is 5.92 Å². The zero-order valence-electron chi connectivity index (χ0n) is 11.7. The molecule has 0 aliphatic carbocycles. The number of hydrogen-bond acceptors (Lipinski definition) is 2. The summed E-state index contributed by atoms with van der Waals surface area (Å²) in [7, 11) is 0. The van der Waals surface area contributed by atoms with Gasteiger partial charge in [-0.1, -0.05) is 37.0 Å². The molecule has 4 heteroatoms. The number of ether oxygens (including phenoxy) is 1. The minimum atomic E-state index is -0.150. The van der Waals surface area contributed by atoms with Crippen molar-refractivity contribution < 1.29 is 4.74 Å². The Morgan fingerprint density at radius 1 is 1.42 bits per heavy atom. The van der Waals surface area contributed by atoms with Gasteiger partial charge in [0.1, 0.15) is 0 Å². The third-order valence-electron chi connectivity index (χ3n) is 3.40. The molecule has 0 aromatic heterocycles. The maximum Gasteiger partial charge on any atom is 0.0972 e. The Balaban J connectivity index is 2.19. The summed E-state index contributed by atoms with van der Waals surface area (Å²) in [6.45, 7) is 8.23. The molecule has 19 heavy (non-hydrogen) atoms. The van der Waals surface area contributed by atoms with Gasteiger partial charge in [-0.15, -0.1) is 0 Å². The van der Waals surface area contributed by atoms with Gasteiger partial charge >= 0.3 is 0 Å². The zero-order valence-corrected chi connectivity index (χ0v) is 13.2. The van der Waals surface area contributed by atoms with Crippen LogP contribution < -0.4 is 5.32 Å². The van der Waals surface area contributed by atoms with Crippen LogP contribution in [0.4, 0.5) is 0 Å². The number of nitrogens with one attached hydrogen (secondary N) is 1. The molecular weight excluding hydrogens is 281 g/mol. The summed E-state index contributed by atoms with van der Waals surface area (Å²) in [5.74, 6) is 0.598. The molecule has 1 aromatic carbocycles. The summed E-state index contributed by atoms with van der Waals surface area (Å²) in [5, 5.41) is 4.86. The number of rotatable bonds is 3. The quantitative estimate of drug-likeness (QED) is 0.890. The van der Waals surface area contributed by atoms with Gasteiger partial charge in [-0.05, 0) is 37.5 Å². The second-order valence-electron chi connectivity index (χ2n) is 5.95. The van der Waals surface area contributed by atoms with Crippen molar-refractivity contribution in [3.8, 4) is 0 Å². The van der Waals surface area contributed by atoms with Crippen LogP contribution in [-0.4, -0.2) is 18.7 Å². The highest BCUT2D eigenvalue weighted by molar-refractivity contribution is 6.33. The Bertz CT molecular complexity index is 450. The fourth-order valence-corrected chi connectivity index (χ4v) is 3.23. The third-order valence-corrected chi connectivity index (χ3v) is 3.98. The van der Waals surface area contributed by atoms with E-state index in [0.717, 1.165) is 25.1 Å². The summed E-state index contributed by atoms with van der Waals surface area (Å²) in [4.78, 5) is 0. The van der Waals surface area contributed by atoms with Crippen molar-refractivity contribution in [1.29, 1.82) is 0 Å². The van der Waals surface area contributed by atoms with Crippen LogP contribution in [0.1, 0.15) is 38.9 Å². The van der Waals surface area contributed by atoms with Gasteiger partial charge in [0.2, 0.25) is 0 Å². The Hall–Kier alpha value is -0.280. The molecule has 0 radical (unpaired) electrons. The van der Waals surface area contributed by atoms with E-state index in [1.807, 2.05) is 12.1 Å². The lowest BCUT2D eigenvalue weighted by atomic mass is 9.91. The van der Waals surface area contributed by atoms with Gasteiger partial charge in [-0.25, -0.2) is 0 Å². The first-order chi connectivity index (χ1) is 8.89. The van der Waals surface area contributed by atoms with Crippen molar-refractivity contribution in [2.24, 2.45) is 5.92 Å². The van der Waals surface area contributed by atoms with Crippen LogP contribution in [0.25, 0.3) is 0 Å². The number of benzene rings is 1. The largest absolute Gasteiger partial charge is 0.365 e. The Kier molecular flexibility index (Phi) is 4.78. The van der Waals surface area contributed by atoms with Gasteiger partial charge in [-0.2, -0.15) is 0 Å². The lowest BCUT2D eigenvalue weighted by Gasteiger charge is -2.40. The maximum atomic E-state index is 6.30. The molecule has 0 saturated carbocycles. The van der Waals surface area contributed by atoms with E-state index in [-0.39, 0.29) is 11.7 Å². The Labute approximate surface area is 125 Å². The summed E-state index contributed by atoms with van der Waals surface area (Å²) in [6, 6.07) is 5.53. The monoisotopic (exact) mass is 301 g/mol. The molecule has 1 N–H and O–H groups in total. The van der Waals surface area contributed by atoms with Crippen LogP contribution >= 0.6 is 23.2 Å². The molecule has 2 unspecified atom stereocenters. The topological polar surface area (TPSA) is 21.3 Å². The van der Waals surface area contributed by atoms with E-state index in [1.165, 1.54) is 0 Å². The summed E-state index contributed by atoms with van der Waals surface area (Å²) >= 11 is 12.3. The predicted molar refractivity (Wildman–Crippen MR) is 81.0 cm³/mol. The fourth-order valence-electron chi connectivity index (χ4n) is 2.81. The van der Waals surface area contributed by atoms with E-state index in [9.17, 15) is 0 Å². The van der Waals surface area contributed by atoms with Crippen molar-refractivity contribution in [2.45, 2.75) is 38.9 Å². The van der Waals surface area contributed by atoms with Crippen LogP contribution in [0.5, 0.6) is 0 Å². The first-order valence-electron chi connectivity index (χ1n) is 6.73. The number of halogens is 2. The highest BCUT2D eigenvalue weighted by Gasteiger charge is 2.34. The van der Waals surface area contributed by atoms with Crippen molar-refractivity contribution in [3.05, 3.63) is 33.8 Å². The molecule has 0 spiro atoms. The molecule has 1 aliphatic rings. The lowest BCUT2D eigenvalue weighted by molar-refractivity contribution is -0.117. The Morgan fingerprint density at radius 2 is 2.16 bits per heavy atom. The molecule has 1 fully saturated rings. The molecule has 2 atom stereocenters. The molecule has 2 nitrogen and oxygen atoms in total. The zero-order chi connectivity index (χ0) is 14.0.